The normalized spacial score (nSPS) is 11.1. The molecule has 1 N–H and O–H groups in total. The number of aryl methyl sites for hydroxylation is 1. The lowest BCUT2D eigenvalue weighted by Crippen LogP contribution is -1.80. The van der Waals surface area contributed by atoms with Gasteiger partial charge in [0.2, 0.25) is 0 Å². The number of thiophene rings is 1. The largest absolute Gasteiger partial charge is 0.337 e. The highest BCUT2D eigenvalue weighted by molar-refractivity contribution is 7.10. The van der Waals surface area contributed by atoms with Crippen LogP contribution in [0.4, 0.5) is 0 Å². The lowest BCUT2D eigenvalue weighted by molar-refractivity contribution is 1.31. The van der Waals surface area contributed by atoms with Crippen molar-refractivity contribution >= 4 is 22.4 Å². The Morgan fingerprint density at radius 3 is 2.88 bits per heavy atom. The molecular weight excluding hydrogens is 218 g/mol. The number of aromatic nitrogens is 3. The SMILES string of the molecule is Cc1scc(-c2nc3ccncc3[nH]2)c1C. The van der Waals surface area contributed by atoms with Crippen molar-refractivity contribution in [1.29, 1.82) is 0 Å². The Kier molecular flexibility index (Phi) is 2.04. The average Bonchev–Trinajstić information content (AvgIpc) is 2.84. The van der Waals surface area contributed by atoms with Gasteiger partial charge >= 0.3 is 0 Å². The summed E-state index contributed by atoms with van der Waals surface area (Å²) in [7, 11) is 0. The number of hydrogen-bond acceptors (Lipinski definition) is 3. The topological polar surface area (TPSA) is 41.6 Å². The summed E-state index contributed by atoms with van der Waals surface area (Å²) >= 11 is 1.76. The van der Waals surface area contributed by atoms with Crippen LogP contribution in [-0.2, 0) is 0 Å². The highest BCUT2D eigenvalue weighted by Crippen LogP contribution is 2.29. The van der Waals surface area contributed by atoms with Crippen LogP contribution in [0.15, 0.2) is 23.8 Å². The second kappa shape index (κ2) is 3.42. The van der Waals surface area contributed by atoms with E-state index in [9.17, 15) is 0 Å². The Hall–Kier alpha value is -1.68. The molecule has 0 aliphatic heterocycles. The molecule has 0 spiro atoms. The number of aromatic amines is 1. The molecule has 0 bridgehead atoms. The maximum Gasteiger partial charge on any atom is 0.139 e. The fourth-order valence-corrected chi connectivity index (χ4v) is 2.60. The van der Waals surface area contributed by atoms with E-state index in [1.54, 1.807) is 23.7 Å². The van der Waals surface area contributed by atoms with E-state index in [0.717, 1.165) is 16.9 Å². The zero-order chi connectivity index (χ0) is 11.1. The summed E-state index contributed by atoms with van der Waals surface area (Å²) in [6, 6.07) is 1.92. The van der Waals surface area contributed by atoms with Crippen molar-refractivity contribution in [3.8, 4) is 11.4 Å². The van der Waals surface area contributed by atoms with Crippen molar-refractivity contribution < 1.29 is 0 Å². The molecule has 0 aromatic carbocycles. The highest BCUT2D eigenvalue weighted by Gasteiger charge is 2.10. The van der Waals surface area contributed by atoms with E-state index < -0.39 is 0 Å². The first-order chi connectivity index (χ1) is 7.75. The molecule has 0 amide bonds. The molecule has 0 aliphatic carbocycles. The molecule has 0 saturated carbocycles. The molecule has 0 saturated heterocycles. The van der Waals surface area contributed by atoms with Crippen molar-refractivity contribution in [3.63, 3.8) is 0 Å². The van der Waals surface area contributed by atoms with Gasteiger partial charge in [0.15, 0.2) is 0 Å². The van der Waals surface area contributed by atoms with Crippen molar-refractivity contribution in [2.75, 3.05) is 0 Å². The molecule has 0 fully saturated rings. The predicted molar refractivity (Wildman–Crippen MR) is 66.7 cm³/mol. The van der Waals surface area contributed by atoms with Crippen LogP contribution in [-0.4, -0.2) is 15.0 Å². The van der Waals surface area contributed by atoms with Crippen LogP contribution in [0.25, 0.3) is 22.4 Å². The summed E-state index contributed by atoms with van der Waals surface area (Å²) in [6.07, 6.45) is 3.57. The smallest absolute Gasteiger partial charge is 0.139 e. The van der Waals surface area contributed by atoms with Crippen LogP contribution < -0.4 is 0 Å². The molecular formula is C12H11N3S. The summed E-state index contributed by atoms with van der Waals surface area (Å²) in [5.41, 5.74) is 4.45. The van der Waals surface area contributed by atoms with Gasteiger partial charge in [-0.3, -0.25) is 4.98 Å². The van der Waals surface area contributed by atoms with Crippen molar-refractivity contribution in [2.24, 2.45) is 0 Å². The van der Waals surface area contributed by atoms with Gasteiger partial charge in [-0.2, -0.15) is 0 Å². The molecule has 3 aromatic heterocycles. The maximum absolute atomic E-state index is 4.57. The first-order valence-corrected chi connectivity index (χ1v) is 5.98. The van der Waals surface area contributed by atoms with E-state index in [1.165, 1.54) is 16.0 Å². The zero-order valence-electron chi connectivity index (χ0n) is 9.11. The molecule has 3 aromatic rings. The summed E-state index contributed by atoms with van der Waals surface area (Å²) < 4.78 is 0. The minimum Gasteiger partial charge on any atom is -0.337 e. The number of nitrogens with one attached hydrogen (secondary N) is 1. The molecule has 0 unspecified atom stereocenters. The average molecular weight is 229 g/mol. The van der Waals surface area contributed by atoms with Crippen LogP contribution in [0, 0.1) is 13.8 Å². The Morgan fingerprint density at radius 1 is 1.31 bits per heavy atom. The van der Waals surface area contributed by atoms with Crippen LogP contribution >= 0.6 is 11.3 Å². The van der Waals surface area contributed by atoms with Gasteiger partial charge in [-0.15, -0.1) is 11.3 Å². The van der Waals surface area contributed by atoms with Gasteiger partial charge in [-0.1, -0.05) is 0 Å². The van der Waals surface area contributed by atoms with Crippen molar-refractivity contribution in [2.45, 2.75) is 13.8 Å². The second-order valence-corrected chi connectivity index (χ2v) is 4.89. The number of hydrogen-bond donors (Lipinski definition) is 1. The summed E-state index contributed by atoms with van der Waals surface area (Å²) in [5, 5.41) is 2.15. The minimum atomic E-state index is 0.935. The fourth-order valence-electron chi connectivity index (χ4n) is 1.73. The van der Waals surface area contributed by atoms with Gasteiger partial charge in [0.05, 0.1) is 17.2 Å². The number of H-pyrrole nitrogens is 1. The number of nitrogens with zero attached hydrogens (tertiary/aromatic N) is 2. The summed E-state index contributed by atoms with van der Waals surface area (Å²) in [4.78, 5) is 13.3. The number of rotatable bonds is 1. The third kappa shape index (κ3) is 1.34. The lowest BCUT2D eigenvalue weighted by atomic mass is 10.2. The van der Waals surface area contributed by atoms with Crippen LogP contribution in [0.5, 0.6) is 0 Å². The maximum atomic E-state index is 4.57. The van der Waals surface area contributed by atoms with Gasteiger partial charge in [0, 0.05) is 22.0 Å². The van der Waals surface area contributed by atoms with Crippen LogP contribution in [0.2, 0.25) is 0 Å². The first kappa shape index (κ1) is 9.54. The zero-order valence-corrected chi connectivity index (χ0v) is 9.93. The van der Waals surface area contributed by atoms with Crippen molar-refractivity contribution in [3.05, 3.63) is 34.3 Å². The van der Waals surface area contributed by atoms with Gasteiger partial charge in [-0.05, 0) is 25.5 Å². The molecule has 16 heavy (non-hydrogen) atoms. The molecule has 80 valence electrons. The van der Waals surface area contributed by atoms with Crippen molar-refractivity contribution in [1.82, 2.24) is 15.0 Å². The van der Waals surface area contributed by atoms with E-state index in [4.69, 9.17) is 0 Å². The van der Waals surface area contributed by atoms with Gasteiger partial charge in [-0.25, -0.2) is 4.98 Å². The van der Waals surface area contributed by atoms with Crippen LogP contribution in [0.1, 0.15) is 10.4 Å². The Labute approximate surface area is 97.2 Å². The van der Waals surface area contributed by atoms with E-state index in [-0.39, 0.29) is 0 Å². The molecule has 3 nitrogen and oxygen atoms in total. The summed E-state index contributed by atoms with van der Waals surface area (Å²) in [6.45, 7) is 4.26. The predicted octanol–water partition coefficient (Wildman–Crippen LogP) is 3.30. The van der Waals surface area contributed by atoms with Crippen LogP contribution in [0.3, 0.4) is 0 Å². The van der Waals surface area contributed by atoms with E-state index >= 15 is 0 Å². The van der Waals surface area contributed by atoms with Gasteiger partial charge in [0.25, 0.3) is 0 Å². The van der Waals surface area contributed by atoms with E-state index in [1.807, 2.05) is 6.07 Å². The molecule has 0 radical (unpaired) electrons. The molecule has 0 atom stereocenters. The number of pyridine rings is 1. The Balaban J connectivity index is 2.23. The van der Waals surface area contributed by atoms with Gasteiger partial charge < -0.3 is 4.98 Å². The number of fused-ring (bicyclic) bond motifs is 1. The third-order valence-corrected chi connectivity index (χ3v) is 3.84. The quantitative estimate of drug-likeness (QED) is 0.695. The molecule has 3 rings (SSSR count). The molecule has 0 aliphatic rings. The number of imidazole rings is 1. The van der Waals surface area contributed by atoms with Gasteiger partial charge in [0.1, 0.15) is 5.82 Å². The second-order valence-electron chi connectivity index (χ2n) is 3.81. The first-order valence-electron chi connectivity index (χ1n) is 5.10. The van der Waals surface area contributed by atoms with E-state index in [0.29, 0.717) is 0 Å². The minimum absolute atomic E-state index is 0.935. The Morgan fingerprint density at radius 2 is 2.19 bits per heavy atom. The molecule has 4 heteroatoms. The Bertz CT molecular complexity index is 618. The fraction of sp³-hybridized carbons (Fsp3) is 0.167. The monoisotopic (exact) mass is 229 g/mol. The highest BCUT2D eigenvalue weighted by atomic mass is 32.1. The molecule has 3 heterocycles. The van der Waals surface area contributed by atoms with E-state index in [2.05, 4.69) is 34.2 Å². The lowest BCUT2D eigenvalue weighted by Gasteiger charge is -1.94. The standard InChI is InChI=1S/C12H11N3S/c1-7-8(2)16-6-9(7)12-14-10-3-4-13-5-11(10)15-12/h3-6H,1-2H3,(H,14,15). The third-order valence-electron chi connectivity index (χ3n) is 2.82. The summed E-state index contributed by atoms with van der Waals surface area (Å²) in [5.74, 6) is 0.935.